The third kappa shape index (κ3) is 4.07. The quantitative estimate of drug-likeness (QED) is 0.810. The van der Waals surface area contributed by atoms with Gasteiger partial charge in [-0.25, -0.2) is 0 Å². The molecule has 164 valence electrons. The number of nitrogens with zero attached hydrogens (tertiary/aromatic N) is 2. The maximum absolute atomic E-state index is 13.0. The van der Waals surface area contributed by atoms with Crippen LogP contribution in [-0.2, 0) is 6.42 Å². The highest BCUT2D eigenvalue weighted by atomic mass is 16.5. The number of fused-ring (bicyclic) bond motifs is 1. The summed E-state index contributed by atoms with van der Waals surface area (Å²) >= 11 is 0. The first kappa shape index (κ1) is 21.1. The number of likely N-dealkylation sites (N-methyl/N-ethyl adjacent to an activating group) is 1. The van der Waals surface area contributed by atoms with Gasteiger partial charge in [0.25, 0.3) is 11.8 Å². The zero-order valence-electron chi connectivity index (χ0n) is 18.1. The molecule has 2 heterocycles. The van der Waals surface area contributed by atoms with Crippen LogP contribution in [0.4, 0.5) is 5.69 Å². The Bertz CT molecular complexity index is 1030. The van der Waals surface area contributed by atoms with Crippen molar-refractivity contribution in [1.29, 1.82) is 0 Å². The Kier molecular flexibility index (Phi) is 5.82. The average Bonchev–Trinajstić information content (AvgIpc) is 3.11. The summed E-state index contributed by atoms with van der Waals surface area (Å²) in [4.78, 5) is 42.1. The monoisotopic (exact) mass is 425 g/mol. The number of aryl methyl sites for hydroxylation is 1. The van der Waals surface area contributed by atoms with Crippen molar-refractivity contribution in [1.82, 2.24) is 9.80 Å². The van der Waals surface area contributed by atoms with E-state index in [0.717, 1.165) is 19.5 Å². The van der Waals surface area contributed by atoms with Gasteiger partial charge in [-0.15, -0.1) is 0 Å². The van der Waals surface area contributed by atoms with Crippen LogP contribution in [0.2, 0.25) is 0 Å². The van der Waals surface area contributed by atoms with Gasteiger partial charge in [-0.2, -0.15) is 0 Å². The number of anilines is 1. The first-order chi connectivity index (χ1) is 14.9. The van der Waals surface area contributed by atoms with Crippen LogP contribution in [0.1, 0.15) is 55.4 Å². The third-order valence-electron chi connectivity index (χ3n) is 6.00. The molecule has 0 atom stereocenters. The second-order valence-corrected chi connectivity index (χ2v) is 8.10. The molecule has 2 aromatic rings. The van der Waals surface area contributed by atoms with Gasteiger partial charge in [0.2, 0.25) is 0 Å². The number of benzene rings is 1. The van der Waals surface area contributed by atoms with Crippen molar-refractivity contribution in [3.8, 4) is 5.75 Å². The third-order valence-corrected chi connectivity index (χ3v) is 6.00. The lowest BCUT2D eigenvalue weighted by Gasteiger charge is -2.32. The van der Waals surface area contributed by atoms with Gasteiger partial charge in [-0.05, 0) is 38.6 Å². The van der Waals surface area contributed by atoms with Crippen molar-refractivity contribution in [2.24, 2.45) is 0 Å². The van der Waals surface area contributed by atoms with Crippen LogP contribution in [0.3, 0.4) is 0 Å². The Hall–Kier alpha value is -3.13. The molecular weight excluding hydrogens is 398 g/mol. The molecule has 31 heavy (non-hydrogen) atoms. The predicted molar refractivity (Wildman–Crippen MR) is 115 cm³/mol. The molecule has 0 spiro atoms. The number of amides is 2. The summed E-state index contributed by atoms with van der Waals surface area (Å²) < 4.78 is 11.1. The second kappa shape index (κ2) is 8.55. The highest BCUT2D eigenvalue weighted by Crippen LogP contribution is 2.31. The average molecular weight is 425 g/mol. The molecule has 0 radical (unpaired) electrons. The van der Waals surface area contributed by atoms with Gasteiger partial charge < -0.3 is 24.3 Å². The van der Waals surface area contributed by atoms with E-state index in [1.165, 1.54) is 7.11 Å². The first-order valence-electron chi connectivity index (χ1n) is 10.5. The van der Waals surface area contributed by atoms with Crippen LogP contribution >= 0.6 is 0 Å². The molecule has 1 N–H and O–H groups in total. The molecule has 1 aliphatic carbocycles. The van der Waals surface area contributed by atoms with Gasteiger partial charge in [0.05, 0.1) is 18.4 Å². The molecule has 8 heteroatoms. The molecule has 8 nitrogen and oxygen atoms in total. The van der Waals surface area contributed by atoms with E-state index in [9.17, 15) is 14.4 Å². The van der Waals surface area contributed by atoms with E-state index >= 15 is 0 Å². The van der Waals surface area contributed by atoms with Crippen molar-refractivity contribution in [3.63, 3.8) is 0 Å². The molecule has 2 amide bonds. The number of carbonyl (C=O) groups is 3. The van der Waals surface area contributed by atoms with Gasteiger partial charge in [-0.1, -0.05) is 0 Å². The standard InChI is InChI=1S/C23H27N3O5/c1-14-20-17(27)5-4-6-19(20)31-21(14)22(28)24-16-13-15(7-8-18(16)30-3)23(29)26-11-9-25(2)10-12-26/h7-8,13H,4-6,9-12H2,1-3H3,(H,24,28). The normalized spacial score (nSPS) is 16.7. The number of furan rings is 1. The largest absolute Gasteiger partial charge is 0.495 e. The number of rotatable bonds is 4. The number of methoxy groups -OCH3 is 1. The fraction of sp³-hybridized carbons (Fsp3) is 0.435. The number of ketones is 1. The molecule has 0 unspecified atom stereocenters. The van der Waals surface area contributed by atoms with E-state index in [-0.39, 0.29) is 17.5 Å². The molecule has 1 aliphatic heterocycles. The van der Waals surface area contributed by atoms with E-state index in [1.54, 1.807) is 25.1 Å². The summed E-state index contributed by atoms with van der Waals surface area (Å²) in [7, 11) is 3.54. The summed E-state index contributed by atoms with van der Waals surface area (Å²) in [6.45, 7) is 4.70. The number of hydrogen-bond acceptors (Lipinski definition) is 6. The van der Waals surface area contributed by atoms with Gasteiger partial charge in [-0.3, -0.25) is 14.4 Å². The zero-order chi connectivity index (χ0) is 22.1. The lowest BCUT2D eigenvalue weighted by Crippen LogP contribution is -2.47. The predicted octanol–water partition coefficient (Wildman–Crippen LogP) is 2.76. The highest BCUT2D eigenvalue weighted by molar-refractivity contribution is 6.08. The molecule has 1 fully saturated rings. The van der Waals surface area contributed by atoms with Crippen molar-refractivity contribution >= 4 is 23.3 Å². The molecule has 1 aromatic heterocycles. The highest BCUT2D eigenvalue weighted by Gasteiger charge is 2.29. The number of Topliss-reactive ketones (excluding diaryl/α,β-unsaturated/α-hetero) is 1. The number of ether oxygens (including phenoxy) is 1. The Morgan fingerprint density at radius 2 is 1.87 bits per heavy atom. The molecule has 4 rings (SSSR count). The van der Waals surface area contributed by atoms with Gasteiger partial charge >= 0.3 is 0 Å². The van der Waals surface area contributed by atoms with E-state index in [0.29, 0.717) is 59.8 Å². The van der Waals surface area contributed by atoms with E-state index in [1.807, 2.05) is 11.9 Å². The Morgan fingerprint density at radius 1 is 1.13 bits per heavy atom. The van der Waals surface area contributed by atoms with Crippen LogP contribution < -0.4 is 10.1 Å². The van der Waals surface area contributed by atoms with E-state index in [4.69, 9.17) is 9.15 Å². The minimum atomic E-state index is -0.470. The summed E-state index contributed by atoms with van der Waals surface area (Å²) in [5.74, 6) is 0.596. The smallest absolute Gasteiger partial charge is 0.291 e. The Labute approximate surface area is 181 Å². The fourth-order valence-electron chi connectivity index (χ4n) is 4.18. The van der Waals surface area contributed by atoms with Gasteiger partial charge in [0, 0.05) is 50.1 Å². The SMILES string of the molecule is COc1ccc(C(=O)N2CCN(C)CC2)cc1NC(=O)c1oc2c(c1C)C(=O)CCC2. The van der Waals surface area contributed by atoms with Crippen molar-refractivity contribution < 1.29 is 23.5 Å². The lowest BCUT2D eigenvalue weighted by molar-refractivity contribution is 0.0663. The number of hydrogen-bond donors (Lipinski definition) is 1. The van der Waals surface area contributed by atoms with E-state index in [2.05, 4.69) is 10.2 Å². The van der Waals surface area contributed by atoms with Gasteiger partial charge in [0.15, 0.2) is 11.5 Å². The maximum Gasteiger partial charge on any atom is 0.291 e. The van der Waals surface area contributed by atoms with E-state index < -0.39 is 5.91 Å². The maximum atomic E-state index is 13.0. The number of carbonyl (C=O) groups excluding carboxylic acids is 3. The van der Waals surface area contributed by atoms with Crippen LogP contribution in [0.25, 0.3) is 0 Å². The topological polar surface area (TPSA) is 92.1 Å². The van der Waals surface area contributed by atoms with Crippen molar-refractivity contribution in [2.45, 2.75) is 26.2 Å². The zero-order valence-corrected chi connectivity index (χ0v) is 18.1. The number of piperazine rings is 1. The molecular formula is C23H27N3O5. The van der Waals surface area contributed by atoms with Crippen molar-refractivity contribution in [3.05, 3.63) is 46.4 Å². The minimum Gasteiger partial charge on any atom is -0.495 e. The number of nitrogens with one attached hydrogen (secondary N) is 1. The Balaban J connectivity index is 1.58. The fourth-order valence-corrected chi connectivity index (χ4v) is 4.18. The molecule has 0 bridgehead atoms. The van der Waals surface area contributed by atoms with Crippen molar-refractivity contribution in [2.75, 3.05) is 45.7 Å². The van der Waals surface area contributed by atoms with Crippen LogP contribution in [0.5, 0.6) is 5.75 Å². The van der Waals surface area contributed by atoms with Crippen LogP contribution in [-0.4, -0.2) is 67.7 Å². The van der Waals surface area contributed by atoms with Gasteiger partial charge in [0.1, 0.15) is 11.5 Å². The second-order valence-electron chi connectivity index (χ2n) is 8.10. The van der Waals surface area contributed by atoms with Crippen LogP contribution in [0.15, 0.2) is 22.6 Å². The summed E-state index contributed by atoms with van der Waals surface area (Å²) in [6.07, 6.45) is 1.84. The lowest BCUT2D eigenvalue weighted by atomic mass is 9.94. The Morgan fingerprint density at radius 3 is 2.55 bits per heavy atom. The molecule has 1 saturated heterocycles. The first-order valence-corrected chi connectivity index (χ1v) is 10.5. The molecule has 1 aromatic carbocycles. The van der Waals surface area contributed by atoms with Crippen LogP contribution in [0, 0.1) is 6.92 Å². The molecule has 0 saturated carbocycles. The summed E-state index contributed by atoms with van der Waals surface area (Å²) in [6, 6.07) is 4.99. The molecule has 2 aliphatic rings. The summed E-state index contributed by atoms with van der Waals surface area (Å²) in [5.41, 5.74) is 1.95. The minimum absolute atomic E-state index is 0.0129. The summed E-state index contributed by atoms with van der Waals surface area (Å²) in [5, 5.41) is 2.80.